The van der Waals surface area contributed by atoms with Crippen LogP contribution in [0, 0.1) is 11.3 Å². The highest BCUT2D eigenvalue weighted by molar-refractivity contribution is 7.14. The number of nitriles is 1. The molecule has 0 fully saturated rings. The average molecular weight is 376 g/mol. The summed E-state index contributed by atoms with van der Waals surface area (Å²) in [5, 5.41) is 14.4. The van der Waals surface area contributed by atoms with Crippen molar-refractivity contribution in [2.75, 3.05) is 11.9 Å². The molecule has 1 atom stereocenters. The first-order valence-electron chi connectivity index (χ1n) is 8.63. The summed E-state index contributed by atoms with van der Waals surface area (Å²) in [6.45, 7) is 2.88. The fourth-order valence-electron chi connectivity index (χ4n) is 2.80. The molecule has 27 heavy (non-hydrogen) atoms. The molecular weight excluding hydrogens is 356 g/mol. The van der Waals surface area contributed by atoms with Gasteiger partial charge >= 0.3 is 0 Å². The molecule has 3 aromatic rings. The highest BCUT2D eigenvalue weighted by Crippen LogP contribution is 2.24. The third kappa shape index (κ3) is 5.00. The van der Waals surface area contributed by atoms with Crippen LogP contribution in [0.1, 0.15) is 29.8 Å². The molecule has 1 amide bonds. The van der Waals surface area contributed by atoms with Crippen molar-refractivity contribution in [1.29, 1.82) is 5.26 Å². The number of carbonyl (C=O) groups excluding carboxylic acids is 1. The van der Waals surface area contributed by atoms with Crippen molar-refractivity contribution in [2.45, 2.75) is 19.5 Å². The lowest BCUT2D eigenvalue weighted by molar-refractivity contribution is -0.118. The van der Waals surface area contributed by atoms with E-state index in [4.69, 9.17) is 5.26 Å². The Hall–Kier alpha value is -3.01. The van der Waals surface area contributed by atoms with Gasteiger partial charge in [-0.05, 0) is 36.1 Å². The summed E-state index contributed by atoms with van der Waals surface area (Å²) in [6, 6.07) is 19.6. The monoisotopic (exact) mass is 376 g/mol. The van der Waals surface area contributed by atoms with Crippen LogP contribution >= 0.6 is 11.3 Å². The van der Waals surface area contributed by atoms with Crippen molar-refractivity contribution in [3.8, 4) is 6.07 Å². The molecule has 1 N–H and O–H groups in total. The summed E-state index contributed by atoms with van der Waals surface area (Å²) in [4.78, 5) is 19.2. The smallest absolute Gasteiger partial charge is 0.239 e. The van der Waals surface area contributed by atoms with Crippen LogP contribution in [0.2, 0.25) is 0 Å². The van der Waals surface area contributed by atoms with Crippen LogP contribution in [0.15, 0.2) is 66.2 Å². The van der Waals surface area contributed by atoms with E-state index >= 15 is 0 Å². The zero-order chi connectivity index (χ0) is 19.1. The number of aromatic nitrogens is 1. The first kappa shape index (κ1) is 18.8. The minimum atomic E-state index is -0.146. The molecule has 0 saturated heterocycles. The molecule has 6 heteroatoms. The van der Waals surface area contributed by atoms with E-state index in [1.165, 1.54) is 11.3 Å². The molecule has 0 unspecified atom stereocenters. The maximum absolute atomic E-state index is 12.6. The van der Waals surface area contributed by atoms with Gasteiger partial charge in [0.1, 0.15) is 11.1 Å². The van der Waals surface area contributed by atoms with E-state index in [2.05, 4.69) is 21.3 Å². The SMILES string of the molecule is C[C@H](c1ccccn1)N(CC(=O)Nc1sccc1C#N)Cc1ccccc1. The van der Waals surface area contributed by atoms with Gasteiger partial charge in [0.2, 0.25) is 5.91 Å². The molecule has 3 rings (SSSR count). The van der Waals surface area contributed by atoms with Gasteiger partial charge in [0.15, 0.2) is 0 Å². The lowest BCUT2D eigenvalue weighted by Crippen LogP contribution is -2.35. The van der Waals surface area contributed by atoms with Gasteiger partial charge in [0.25, 0.3) is 0 Å². The van der Waals surface area contributed by atoms with Crippen LogP contribution in [0.3, 0.4) is 0 Å². The summed E-state index contributed by atoms with van der Waals surface area (Å²) in [5.41, 5.74) is 2.53. The summed E-state index contributed by atoms with van der Waals surface area (Å²) in [6.07, 6.45) is 1.76. The van der Waals surface area contributed by atoms with Gasteiger partial charge in [0, 0.05) is 12.7 Å². The van der Waals surface area contributed by atoms with Gasteiger partial charge in [-0.3, -0.25) is 14.7 Å². The Bertz CT molecular complexity index is 918. The van der Waals surface area contributed by atoms with Crippen molar-refractivity contribution in [2.24, 2.45) is 0 Å². The quantitative estimate of drug-likeness (QED) is 0.670. The molecule has 0 spiro atoms. The van der Waals surface area contributed by atoms with Gasteiger partial charge in [-0.15, -0.1) is 11.3 Å². The highest BCUT2D eigenvalue weighted by Gasteiger charge is 2.21. The number of thiophene rings is 1. The maximum Gasteiger partial charge on any atom is 0.239 e. The lowest BCUT2D eigenvalue weighted by atomic mass is 10.1. The van der Waals surface area contributed by atoms with Crippen LogP contribution in [0.25, 0.3) is 0 Å². The number of benzene rings is 1. The molecule has 1 aromatic carbocycles. The Morgan fingerprint density at radius 1 is 1.22 bits per heavy atom. The second-order valence-corrected chi connectivity index (χ2v) is 7.06. The molecule has 0 aliphatic rings. The van der Waals surface area contributed by atoms with Gasteiger partial charge in [0.05, 0.1) is 23.8 Å². The Labute approximate surface area is 162 Å². The fraction of sp³-hybridized carbons (Fsp3) is 0.190. The summed E-state index contributed by atoms with van der Waals surface area (Å²) >= 11 is 1.35. The second kappa shape index (κ2) is 9.08. The Balaban J connectivity index is 1.76. The minimum Gasteiger partial charge on any atom is -0.315 e. The molecule has 0 radical (unpaired) electrons. The van der Waals surface area contributed by atoms with E-state index in [1.807, 2.05) is 55.5 Å². The number of rotatable bonds is 7. The Morgan fingerprint density at radius 2 is 2.00 bits per heavy atom. The zero-order valence-electron chi connectivity index (χ0n) is 15.0. The molecule has 5 nitrogen and oxygen atoms in total. The van der Waals surface area contributed by atoms with Crippen LogP contribution in [-0.4, -0.2) is 22.3 Å². The number of hydrogen-bond donors (Lipinski definition) is 1. The van der Waals surface area contributed by atoms with Gasteiger partial charge in [-0.2, -0.15) is 5.26 Å². The number of amides is 1. The van der Waals surface area contributed by atoms with Crippen LogP contribution in [-0.2, 0) is 11.3 Å². The van der Waals surface area contributed by atoms with E-state index in [-0.39, 0.29) is 18.5 Å². The molecule has 2 heterocycles. The topological polar surface area (TPSA) is 69.0 Å². The molecule has 0 bridgehead atoms. The van der Waals surface area contributed by atoms with Crippen LogP contribution in [0.4, 0.5) is 5.00 Å². The van der Waals surface area contributed by atoms with Gasteiger partial charge in [-0.25, -0.2) is 0 Å². The van der Waals surface area contributed by atoms with E-state index in [0.29, 0.717) is 17.1 Å². The zero-order valence-corrected chi connectivity index (χ0v) is 15.8. The van der Waals surface area contributed by atoms with Crippen molar-refractivity contribution >= 4 is 22.2 Å². The Morgan fingerprint density at radius 3 is 2.70 bits per heavy atom. The standard InChI is InChI=1S/C21H20N4OS/c1-16(19-9-5-6-11-23-19)25(14-17-7-3-2-4-8-17)15-20(26)24-21-18(13-22)10-12-27-21/h2-12,16H,14-15H2,1H3,(H,24,26)/t16-/m1/s1. The highest BCUT2D eigenvalue weighted by atomic mass is 32.1. The number of nitrogens with one attached hydrogen (secondary N) is 1. The van der Waals surface area contributed by atoms with Gasteiger partial charge < -0.3 is 5.32 Å². The minimum absolute atomic E-state index is 0.0315. The average Bonchev–Trinajstić information content (AvgIpc) is 3.15. The molecule has 0 aliphatic carbocycles. The molecule has 0 aliphatic heterocycles. The van der Waals surface area contributed by atoms with E-state index in [9.17, 15) is 4.79 Å². The van der Waals surface area contributed by atoms with Crippen molar-refractivity contribution < 1.29 is 4.79 Å². The number of carbonyl (C=O) groups is 1. The van der Waals surface area contributed by atoms with Crippen LogP contribution < -0.4 is 5.32 Å². The second-order valence-electron chi connectivity index (χ2n) is 6.14. The third-order valence-corrected chi connectivity index (χ3v) is 5.11. The van der Waals surface area contributed by atoms with E-state index < -0.39 is 0 Å². The van der Waals surface area contributed by atoms with Crippen molar-refractivity contribution in [3.05, 3.63) is 83.0 Å². The summed E-state index contributed by atoms with van der Waals surface area (Å²) in [7, 11) is 0. The molecule has 0 saturated carbocycles. The lowest BCUT2D eigenvalue weighted by Gasteiger charge is -2.28. The largest absolute Gasteiger partial charge is 0.315 e. The summed E-state index contributed by atoms with van der Waals surface area (Å²) < 4.78 is 0. The fourth-order valence-corrected chi connectivity index (χ4v) is 3.56. The number of nitrogens with zero attached hydrogens (tertiary/aromatic N) is 3. The first-order valence-corrected chi connectivity index (χ1v) is 9.51. The first-order chi connectivity index (χ1) is 13.2. The van der Waals surface area contributed by atoms with Gasteiger partial charge in [-0.1, -0.05) is 36.4 Å². The molecule has 136 valence electrons. The third-order valence-electron chi connectivity index (χ3n) is 4.28. The van der Waals surface area contributed by atoms with Crippen molar-refractivity contribution in [3.63, 3.8) is 0 Å². The summed E-state index contributed by atoms with van der Waals surface area (Å²) in [5.74, 6) is -0.146. The predicted octanol–water partition coefficient (Wildman–Crippen LogP) is 4.22. The molecule has 2 aromatic heterocycles. The maximum atomic E-state index is 12.6. The van der Waals surface area contributed by atoms with Crippen LogP contribution in [0.5, 0.6) is 0 Å². The predicted molar refractivity (Wildman–Crippen MR) is 107 cm³/mol. The normalized spacial score (nSPS) is 11.7. The number of anilines is 1. The Kier molecular flexibility index (Phi) is 6.31. The molecular formula is C21H20N4OS. The number of pyridine rings is 1. The van der Waals surface area contributed by atoms with E-state index in [0.717, 1.165) is 11.3 Å². The van der Waals surface area contributed by atoms with Crippen molar-refractivity contribution in [1.82, 2.24) is 9.88 Å². The van der Waals surface area contributed by atoms with E-state index in [1.54, 1.807) is 17.6 Å². The number of hydrogen-bond acceptors (Lipinski definition) is 5.